The molecule has 6 atom stereocenters. The fraction of sp³-hybridized carbons (Fsp3) is 0.464. The van der Waals surface area contributed by atoms with E-state index >= 15 is 0 Å². The molecule has 4 aromatic rings. The zero-order valence-corrected chi connectivity index (χ0v) is 49.3. The Morgan fingerprint density at radius 1 is 0.687 bits per heavy atom. The van der Waals surface area contributed by atoms with Gasteiger partial charge in [0.1, 0.15) is 47.3 Å². The monoisotopic (exact) mass is 1210 g/mol. The quantitative estimate of drug-likeness (QED) is 0.0313. The third-order valence-electron chi connectivity index (χ3n) is 13.6. The lowest BCUT2D eigenvalue weighted by atomic mass is 9.98. The van der Waals surface area contributed by atoms with Gasteiger partial charge in [-0.15, -0.1) is 0 Å². The molecule has 0 saturated heterocycles. The van der Waals surface area contributed by atoms with Crippen molar-refractivity contribution < 1.29 is 72.5 Å². The van der Waals surface area contributed by atoms with Gasteiger partial charge in [-0.05, 0) is 98.3 Å². The maximum absolute atomic E-state index is 14.9. The van der Waals surface area contributed by atoms with Gasteiger partial charge in [0.25, 0.3) is 0 Å². The first-order valence-corrected chi connectivity index (χ1v) is 30.3. The van der Waals surface area contributed by atoms with Crippen LogP contribution in [-0.4, -0.2) is 144 Å². The lowest BCUT2D eigenvalue weighted by Crippen LogP contribution is -2.63. The second kappa shape index (κ2) is 29.8. The molecule has 0 radical (unpaired) electrons. The van der Waals surface area contributed by atoms with Gasteiger partial charge in [-0.3, -0.25) is 47.7 Å². The van der Waals surface area contributed by atoms with Crippen LogP contribution in [0.2, 0.25) is 5.02 Å². The molecule has 1 aliphatic rings. The number of carbonyl (C=O) groups excluding carboxylic acids is 8. The van der Waals surface area contributed by atoms with Crippen molar-refractivity contribution in [2.24, 2.45) is 5.92 Å². The molecule has 0 unspecified atom stereocenters. The van der Waals surface area contributed by atoms with Crippen molar-refractivity contribution >= 4 is 101 Å². The number of aliphatic carboxylic acids is 2. The van der Waals surface area contributed by atoms with Crippen LogP contribution in [0.1, 0.15) is 95.4 Å². The number of nitrogens with one attached hydrogen (secondary N) is 9. The van der Waals surface area contributed by atoms with Gasteiger partial charge in [-0.25, -0.2) is 4.79 Å². The van der Waals surface area contributed by atoms with Crippen molar-refractivity contribution in [1.29, 1.82) is 0 Å². The van der Waals surface area contributed by atoms with E-state index in [0.717, 1.165) is 5.56 Å². The summed E-state index contributed by atoms with van der Waals surface area (Å²) in [6, 6.07) is 11.2. The SMILES string of the molecule is CSCC[C@H](NC(=O)[C@H](Cc1ccccc1)NC(C)=O)C(=O)NC(C)(C)C(=O)N[C@@H](Cc1ccc(CP(=O)(O)O)cc1)C(=O)N[C@@H](Cc1c[nH]c2cc(Cl)ccc12)C(=O)N[C@@H](CCC(=O)O)C(=O)NC1(C(=O)N[C@@H](CC(C)C)C(=O)O)CC1. The number of thioether (sulfide) groups is 1. The number of aromatic amines is 1. The molecule has 8 amide bonds. The summed E-state index contributed by atoms with van der Waals surface area (Å²) in [4.78, 5) is 158. The molecule has 83 heavy (non-hydrogen) atoms. The standard InChI is InChI=1S/C56H73ClN9O15PS/c1-31(2)24-45(52(75)76)64-54(78)56(21-22-56)66-51(74)39(18-19-46(68)69)60-49(72)44(27-36-29-58-41-28-37(57)16-17-38(36)41)62-48(71)43(26-34-12-14-35(15-13-34)30-82(79,80)81)63-53(77)55(4,5)65-50(73)40(20-23-83-6)61-47(70)42(59-32(3)67)25-33-10-8-7-9-11-33/h7-17,28-29,31,39-40,42-45,58H,18-27,30H2,1-6H3,(H,59,67)(H,60,72)(H,61,70)(H,62,71)(H,63,77)(H,64,78)(H,65,73)(H,66,74)(H,68,69)(H,75,76)(H2,79,80,81)/t39-,40-,42-,43-,44-,45-/m0/s1. The number of rotatable bonds is 32. The number of hydrogen-bond acceptors (Lipinski definition) is 12. The molecule has 0 spiro atoms. The number of hydrogen-bond donors (Lipinski definition) is 13. The van der Waals surface area contributed by atoms with Crippen LogP contribution < -0.4 is 42.5 Å². The molecule has 5 rings (SSSR count). The first kappa shape index (κ1) is 66.5. The first-order valence-electron chi connectivity index (χ1n) is 26.8. The molecule has 1 fully saturated rings. The Labute approximate surface area is 489 Å². The Hall–Kier alpha value is -7.31. The molecule has 3 aromatic carbocycles. The van der Waals surface area contributed by atoms with Crippen LogP contribution in [0.15, 0.2) is 79.0 Å². The second-order valence-corrected chi connectivity index (χ2v) is 24.7. The highest BCUT2D eigenvalue weighted by atomic mass is 35.5. The van der Waals surface area contributed by atoms with Crippen LogP contribution >= 0.6 is 31.0 Å². The van der Waals surface area contributed by atoms with E-state index in [9.17, 15) is 72.5 Å². The molecule has 0 aliphatic heterocycles. The predicted octanol–water partition coefficient (Wildman–Crippen LogP) is 2.75. The van der Waals surface area contributed by atoms with E-state index in [1.165, 1.54) is 56.8 Å². The largest absolute Gasteiger partial charge is 0.481 e. The van der Waals surface area contributed by atoms with Gasteiger partial charge in [-0.2, -0.15) is 11.8 Å². The molecule has 27 heteroatoms. The minimum atomic E-state index is -4.50. The third kappa shape index (κ3) is 20.8. The summed E-state index contributed by atoms with van der Waals surface area (Å²) < 4.78 is 11.8. The van der Waals surface area contributed by atoms with E-state index in [1.807, 2.05) is 0 Å². The Morgan fingerprint density at radius 2 is 1.24 bits per heavy atom. The van der Waals surface area contributed by atoms with Crippen molar-refractivity contribution in [2.75, 3.05) is 12.0 Å². The van der Waals surface area contributed by atoms with Crippen molar-refractivity contribution in [1.82, 2.24) is 47.5 Å². The zero-order valence-electron chi connectivity index (χ0n) is 46.8. The van der Waals surface area contributed by atoms with E-state index in [4.69, 9.17) is 11.6 Å². The minimum absolute atomic E-state index is 0.0862. The van der Waals surface area contributed by atoms with E-state index in [1.54, 1.807) is 74.8 Å². The van der Waals surface area contributed by atoms with Crippen LogP contribution in [0.5, 0.6) is 0 Å². The van der Waals surface area contributed by atoms with Crippen molar-refractivity contribution in [3.05, 3.63) is 106 Å². The molecular formula is C56H73ClN9O15PS. The number of carboxylic acids is 2. The Kier molecular flexibility index (Phi) is 23.9. The number of carboxylic acid groups (broad SMARTS) is 2. The lowest BCUT2D eigenvalue weighted by Gasteiger charge is -2.31. The smallest absolute Gasteiger partial charge is 0.329 e. The van der Waals surface area contributed by atoms with Crippen molar-refractivity contribution in [3.8, 4) is 0 Å². The highest BCUT2D eigenvalue weighted by Gasteiger charge is 2.53. The Balaban J connectivity index is 1.46. The first-order chi connectivity index (χ1) is 39.0. The molecule has 13 N–H and O–H groups in total. The summed E-state index contributed by atoms with van der Waals surface area (Å²) in [5.41, 5.74) is -1.04. The molecular weight excluding hydrogens is 1140 g/mol. The summed E-state index contributed by atoms with van der Waals surface area (Å²) in [5.74, 6) is -8.95. The summed E-state index contributed by atoms with van der Waals surface area (Å²) >= 11 is 7.66. The van der Waals surface area contributed by atoms with Gasteiger partial charge in [0, 0.05) is 54.7 Å². The number of halogens is 1. The average molecular weight is 1210 g/mol. The Bertz CT molecular complexity index is 3060. The van der Waals surface area contributed by atoms with Gasteiger partial charge < -0.3 is 67.5 Å². The zero-order chi connectivity index (χ0) is 61.4. The number of benzene rings is 3. The number of carbonyl (C=O) groups is 10. The van der Waals surface area contributed by atoms with Crippen molar-refractivity contribution in [3.63, 3.8) is 0 Å². The molecule has 1 aromatic heterocycles. The maximum Gasteiger partial charge on any atom is 0.329 e. The number of fused-ring (bicyclic) bond motifs is 1. The summed E-state index contributed by atoms with van der Waals surface area (Å²) in [5, 5.41) is 41.5. The van der Waals surface area contributed by atoms with Crippen LogP contribution in [0.25, 0.3) is 10.9 Å². The third-order valence-corrected chi connectivity index (χ3v) is 15.3. The summed E-state index contributed by atoms with van der Waals surface area (Å²) in [6.45, 7) is 7.49. The summed E-state index contributed by atoms with van der Waals surface area (Å²) in [7, 11) is -4.50. The predicted molar refractivity (Wildman–Crippen MR) is 310 cm³/mol. The van der Waals surface area contributed by atoms with Gasteiger partial charge in [-0.1, -0.05) is 86.1 Å². The second-order valence-electron chi connectivity index (χ2n) is 21.6. The van der Waals surface area contributed by atoms with E-state index in [2.05, 4.69) is 47.5 Å². The maximum atomic E-state index is 14.9. The van der Waals surface area contributed by atoms with Gasteiger partial charge >= 0.3 is 19.5 Å². The number of aromatic nitrogens is 1. The summed E-state index contributed by atoms with van der Waals surface area (Å²) in [6.07, 6.45) is 1.51. The van der Waals surface area contributed by atoms with E-state index in [0.29, 0.717) is 32.8 Å². The molecule has 0 bridgehead atoms. The minimum Gasteiger partial charge on any atom is -0.481 e. The number of amides is 8. The fourth-order valence-electron chi connectivity index (χ4n) is 9.02. The van der Waals surface area contributed by atoms with Crippen molar-refractivity contribution in [2.45, 2.75) is 146 Å². The van der Waals surface area contributed by atoms with Crippen LogP contribution in [0.3, 0.4) is 0 Å². The molecule has 1 heterocycles. The molecule has 24 nitrogen and oxygen atoms in total. The molecule has 1 saturated carbocycles. The Morgan fingerprint density at radius 3 is 1.78 bits per heavy atom. The van der Waals surface area contributed by atoms with Gasteiger partial charge in [0.15, 0.2) is 0 Å². The highest BCUT2D eigenvalue weighted by Crippen LogP contribution is 2.39. The number of H-pyrrole nitrogens is 1. The van der Waals surface area contributed by atoms with Gasteiger partial charge in [0.05, 0.1) is 6.16 Å². The normalized spacial score (nSPS) is 15.0. The van der Waals surface area contributed by atoms with Crippen LogP contribution in [-0.2, 0) is 77.9 Å². The highest BCUT2D eigenvalue weighted by molar-refractivity contribution is 7.98. The van der Waals surface area contributed by atoms with E-state index in [-0.39, 0.29) is 56.4 Å². The van der Waals surface area contributed by atoms with Crippen LogP contribution in [0.4, 0.5) is 0 Å². The average Bonchev–Trinajstić information content (AvgIpc) is 2.77. The molecule has 1 aliphatic carbocycles. The lowest BCUT2D eigenvalue weighted by molar-refractivity contribution is -0.143. The fourth-order valence-corrected chi connectivity index (χ4v) is 10.3. The molecule has 450 valence electrons. The van der Waals surface area contributed by atoms with Crippen LogP contribution in [0, 0.1) is 5.92 Å². The van der Waals surface area contributed by atoms with E-state index < -0.39 is 133 Å². The van der Waals surface area contributed by atoms with Gasteiger partial charge in [0.2, 0.25) is 47.3 Å². The topological polar surface area (TPSA) is 381 Å².